The molecule has 2 unspecified atom stereocenters. The Morgan fingerprint density at radius 2 is 2.25 bits per heavy atom. The summed E-state index contributed by atoms with van der Waals surface area (Å²) >= 11 is 1.01. The summed E-state index contributed by atoms with van der Waals surface area (Å²) in [5, 5.41) is 8.73. The van der Waals surface area contributed by atoms with Crippen LogP contribution in [0.4, 0.5) is 0 Å². The van der Waals surface area contributed by atoms with Crippen LogP contribution in [0.2, 0.25) is 0 Å². The van der Waals surface area contributed by atoms with Crippen molar-refractivity contribution in [1.29, 1.82) is 5.26 Å². The molecular formula is C14H20N2O2S2. The van der Waals surface area contributed by atoms with Crippen LogP contribution in [0, 0.1) is 23.2 Å². The molecule has 0 radical (unpaired) electrons. The first-order valence-corrected chi connectivity index (χ1v) is 9.31. The lowest BCUT2D eigenvalue weighted by Gasteiger charge is -2.26. The van der Waals surface area contributed by atoms with E-state index in [2.05, 4.69) is 11.6 Å². The normalized spacial score (nSPS) is 23.4. The molecule has 1 N–H and O–H groups in total. The van der Waals surface area contributed by atoms with Crippen LogP contribution in [0.15, 0.2) is 16.3 Å². The molecule has 6 heteroatoms. The van der Waals surface area contributed by atoms with E-state index >= 15 is 0 Å². The van der Waals surface area contributed by atoms with Crippen LogP contribution in [0.3, 0.4) is 0 Å². The molecule has 1 aromatic heterocycles. The van der Waals surface area contributed by atoms with Crippen LogP contribution >= 0.6 is 11.3 Å². The van der Waals surface area contributed by atoms with E-state index in [0.717, 1.165) is 23.7 Å². The molecule has 1 aromatic rings. The molecule has 0 bridgehead atoms. The molecule has 1 saturated carbocycles. The molecule has 1 aliphatic rings. The number of nitriles is 1. The fourth-order valence-corrected chi connectivity index (χ4v) is 5.01. The smallest absolute Gasteiger partial charge is 0.210 e. The van der Waals surface area contributed by atoms with E-state index < -0.39 is 10.0 Å². The third kappa shape index (κ3) is 4.05. The van der Waals surface area contributed by atoms with Gasteiger partial charge in [0, 0.05) is 6.54 Å². The van der Waals surface area contributed by atoms with Crippen LogP contribution in [0.25, 0.3) is 0 Å². The second-order valence-electron chi connectivity index (χ2n) is 5.55. The molecule has 0 spiro atoms. The zero-order valence-corrected chi connectivity index (χ0v) is 13.3. The number of hydrogen-bond donors (Lipinski definition) is 1. The summed E-state index contributed by atoms with van der Waals surface area (Å²) in [4.78, 5) is 0.423. The van der Waals surface area contributed by atoms with Crippen molar-refractivity contribution in [3.63, 3.8) is 0 Å². The summed E-state index contributed by atoms with van der Waals surface area (Å²) in [7, 11) is -3.45. The second-order valence-corrected chi connectivity index (χ2v) is 8.63. The third-order valence-corrected chi connectivity index (χ3v) is 6.79. The zero-order valence-electron chi connectivity index (χ0n) is 11.6. The quantitative estimate of drug-likeness (QED) is 0.908. The van der Waals surface area contributed by atoms with Crippen LogP contribution in [0.5, 0.6) is 0 Å². The zero-order chi connectivity index (χ0) is 14.6. The Morgan fingerprint density at radius 1 is 1.45 bits per heavy atom. The largest absolute Gasteiger partial charge is 0.250 e. The first-order chi connectivity index (χ1) is 9.51. The minimum atomic E-state index is -3.45. The van der Waals surface area contributed by atoms with Gasteiger partial charge < -0.3 is 0 Å². The maximum absolute atomic E-state index is 12.1. The van der Waals surface area contributed by atoms with Crippen LogP contribution in [0.1, 0.15) is 43.9 Å². The Kier molecular flexibility index (Phi) is 5.19. The van der Waals surface area contributed by atoms with Gasteiger partial charge in [0.15, 0.2) is 0 Å². The van der Waals surface area contributed by atoms with Gasteiger partial charge in [0.1, 0.15) is 15.2 Å². The van der Waals surface area contributed by atoms with E-state index in [1.807, 2.05) is 6.07 Å². The molecule has 1 fully saturated rings. The van der Waals surface area contributed by atoms with Gasteiger partial charge in [0.05, 0.1) is 0 Å². The Hall–Kier alpha value is -0.900. The van der Waals surface area contributed by atoms with Crippen molar-refractivity contribution in [3.8, 4) is 6.07 Å². The predicted octanol–water partition coefficient (Wildman–Crippen LogP) is 3.11. The fourth-order valence-electron chi connectivity index (χ4n) is 2.82. The highest BCUT2D eigenvalue weighted by molar-refractivity contribution is 7.91. The summed E-state index contributed by atoms with van der Waals surface area (Å²) < 4.78 is 27.0. The molecule has 1 heterocycles. The summed E-state index contributed by atoms with van der Waals surface area (Å²) in [6.45, 7) is 2.75. The van der Waals surface area contributed by atoms with Crippen molar-refractivity contribution >= 4 is 21.4 Å². The number of thiophene rings is 1. The monoisotopic (exact) mass is 312 g/mol. The van der Waals surface area contributed by atoms with E-state index in [0.29, 0.717) is 17.3 Å². The maximum atomic E-state index is 12.1. The van der Waals surface area contributed by atoms with Crippen molar-refractivity contribution in [2.75, 3.05) is 6.54 Å². The third-order valence-electron chi connectivity index (χ3n) is 3.85. The van der Waals surface area contributed by atoms with Gasteiger partial charge in [-0.05, 0) is 36.8 Å². The Bertz CT molecular complexity index is 587. The molecule has 110 valence electrons. The highest BCUT2D eigenvalue weighted by atomic mass is 32.2. The lowest BCUT2D eigenvalue weighted by molar-refractivity contribution is 0.271. The van der Waals surface area contributed by atoms with E-state index in [1.165, 1.54) is 31.7 Å². The number of rotatable bonds is 5. The van der Waals surface area contributed by atoms with Crippen molar-refractivity contribution in [2.45, 2.75) is 43.2 Å². The second kappa shape index (κ2) is 6.70. The van der Waals surface area contributed by atoms with Gasteiger partial charge in [0.2, 0.25) is 10.0 Å². The van der Waals surface area contributed by atoms with Crippen molar-refractivity contribution in [3.05, 3.63) is 17.0 Å². The van der Waals surface area contributed by atoms with Gasteiger partial charge >= 0.3 is 0 Å². The molecule has 4 nitrogen and oxygen atoms in total. The molecule has 0 amide bonds. The lowest BCUT2D eigenvalue weighted by Crippen LogP contribution is -2.26. The van der Waals surface area contributed by atoms with E-state index in [1.54, 1.807) is 6.07 Å². The lowest BCUT2D eigenvalue weighted by atomic mass is 9.81. The standard InChI is InChI=1S/C14H20N2O2S2/c1-11-3-2-4-12(9-11)7-8-16-20(17,18)14-6-5-13(10-15)19-14/h5-6,11-12,16H,2-4,7-9H2,1H3. The molecule has 0 saturated heterocycles. The van der Waals surface area contributed by atoms with Crippen molar-refractivity contribution < 1.29 is 8.42 Å². The van der Waals surface area contributed by atoms with Crippen molar-refractivity contribution in [1.82, 2.24) is 4.72 Å². The van der Waals surface area contributed by atoms with Crippen molar-refractivity contribution in [2.24, 2.45) is 11.8 Å². The van der Waals surface area contributed by atoms with E-state index in [9.17, 15) is 8.42 Å². The molecule has 2 rings (SSSR count). The molecule has 0 aromatic carbocycles. The van der Waals surface area contributed by atoms with Crippen LogP contribution in [-0.4, -0.2) is 15.0 Å². The summed E-state index contributed by atoms with van der Waals surface area (Å²) in [5.74, 6) is 1.40. The van der Waals surface area contributed by atoms with Crippen LogP contribution in [-0.2, 0) is 10.0 Å². The Morgan fingerprint density at radius 3 is 2.90 bits per heavy atom. The minimum absolute atomic E-state index is 0.228. The van der Waals surface area contributed by atoms with Gasteiger partial charge in [-0.1, -0.05) is 26.2 Å². The molecule has 1 aliphatic carbocycles. The first kappa shape index (κ1) is 15.5. The number of nitrogens with one attached hydrogen (secondary N) is 1. The summed E-state index contributed by atoms with van der Waals surface area (Å²) in [6, 6.07) is 5.00. The van der Waals surface area contributed by atoms with Gasteiger partial charge in [-0.2, -0.15) is 5.26 Å². The predicted molar refractivity (Wildman–Crippen MR) is 80.0 cm³/mol. The highest BCUT2D eigenvalue weighted by Crippen LogP contribution is 2.30. The highest BCUT2D eigenvalue weighted by Gasteiger charge is 2.20. The maximum Gasteiger partial charge on any atom is 0.250 e. The SMILES string of the molecule is CC1CCCC(CCNS(=O)(=O)c2ccc(C#N)s2)C1. The summed E-state index contributed by atoms with van der Waals surface area (Å²) in [5.41, 5.74) is 0. The average molecular weight is 312 g/mol. The molecular weight excluding hydrogens is 292 g/mol. The molecule has 0 aliphatic heterocycles. The first-order valence-electron chi connectivity index (χ1n) is 7.01. The van der Waals surface area contributed by atoms with Gasteiger partial charge in [-0.3, -0.25) is 0 Å². The fraction of sp³-hybridized carbons (Fsp3) is 0.643. The Balaban J connectivity index is 1.85. The summed E-state index contributed by atoms with van der Waals surface area (Å²) in [6.07, 6.45) is 5.88. The Labute approximate surface area is 124 Å². The topological polar surface area (TPSA) is 70.0 Å². The minimum Gasteiger partial charge on any atom is -0.210 e. The van der Waals surface area contributed by atoms with Gasteiger partial charge in [-0.25, -0.2) is 13.1 Å². The number of nitrogens with zero attached hydrogens (tertiary/aromatic N) is 1. The average Bonchev–Trinajstić information content (AvgIpc) is 2.88. The molecule has 20 heavy (non-hydrogen) atoms. The number of hydrogen-bond acceptors (Lipinski definition) is 4. The molecule has 2 atom stereocenters. The van der Waals surface area contributed by atoms with E-state index in [-0.39, 0.29) is 4.21 Å². The van der Waals surface area contributed by atoms with Gasteiger partial charge in [-0.15, -0.1) is 11.3 Å². The van der Waals surface area contributed by atoms with Crippen LogP contribution < -0.4 is 4.72 Å². The number of sulfonamides is 1. The van der Waals surface area contributed by atoms with Gasteiger partial charge in [0.25, 0.3) is 0 Å². The van der Waals surface area contributed by atoms with E-state index in [4.69, 9.17) is 5.26 Å².